The van der Waals surface area contributed by atoms with Gasteiger partial charge in [0.15, 0.2) is 0 Å². The number of anilines is 1. The molecule has 8 heteroatoms. The molecule has 0 atom stereocenters. The van der Waals surface area contributed by atoms with Gasteiger partial charge in [-0.2, -0.15) is 5.10 Å². The summed E-state index contributed by atoms with van der Waals surface area (Å²) in [5, 5.41) is 18.2. The highest BCUT2D eigenvalue weighted by Gasteiger charge is 2.10. The predicted molar refractivity (Wildman–Crippen MR) is 94.9 cm³/mol. The number of amides is 1. The van der Waals surface area contributed by atoms with E-state index in [-0.39, 0.29) is 5.91 Å². The van der Waals surface area contributed by atoms with Gasteiger partial charge in [-0.05, 0) is 34.2 Å². The Balaban J connectivity index is 1.46. The Morgan fingerprint density at radius 1 is 1.08 bits per heavy atom. The normalized spacial score (nSPS) is 10.6. The van der Waals surface area contributed by atoms with Crippen LogP contribution in [0.15, 0.2) is 73.3 Å². The van der Waals surface area contributed by atoms with Gasteiger partial charge >= 0.3 is 0 Å². The topological polar surface area (TPSA) is 90.5 Å². The summed E-state index contributed by atoms with van der Waals surface area (Å²) in [5.74, 6) is -0.224. The molecule has 0 aliphatic carbocycles. The summed E-state index contributed by atoms with van der Waals surface area (Å²) in [6.07, 6.45) is 4.78. The zero-order valence-electron chi connectivity index (χ0n) is 13.7. The maximum Gasteiger partial charge on any atom is 0.258 e. The number of benzene rings is 2. The first-order valence-electron chi connectivity index (χ1n) is 7.99. The van der Waals surface area contributed by atoms with E-state index in [2.05, 4.69) is 25.9 Å². The summed E-state index contributed by atoms with van der Waals surface area (Å²) in [6, 6.07) is 17.2. The van der Waals surface area contributed by atoms with Gasteiger partial charge in [-0.3, -0.25) is 9.48 Å². The van der Waals surface area contributed by atoms with Crippen molar-refractivity contribution in [2.75, 3.05) is 5.32 Å². The third-order valence-corrected chi connectivity index (χ3v) is 3.80. The van der Waals surface area contributed by atoms with Gasteiger partial charge in [0.25, 0.3) is 5.91 Å². The van der Waals surface area contributed by atoms with E-state index in [1.165, 1.54) is 11.0 Å². The smallest absolute Gasteiger partial charge is 0.258 e. The molecule has 4 aromatic rings. The second-order valence-electron chi connectivity index (χ2n) is 5.67. The minimum Gasteiger partial charge on any atom is -0.322 e. The number of hydrogen-bond acceptors (Lipinski definition) is 5. The summed E-state index contributed by atoms with van der Waals surface area (Å²) in [6.45, 7) is 0.614. The van der Waals surface area contributed by atoms with Gasteiger partial charge in [0.2, 0.25) is 0 Å². The predicted octanol–water partition coefficient (Wildman–Crippen LogP) is 2.16. The van der Waals surface area contributed by atoms with Crippen LogP contribution in [0, 0.1) is 0 Å². The second kappa shape index (κ2) is 6.98. The number of nitrogens with one attached hydrogen (secondary N) is 1. The average molecular weight is 345 g/mol. The summed E-state index contributed by atoms with van der Waals surface area (Å²) in [4.78, 5) is 12.5. The van der Waals surface area contributed by atoms with Crippen LogP contribution in [-0.4, -0.2) is 35.9 Å². The molecule has 2 aromatic carbocycles. The maximum absolute atomic E-state index is 12.5. The van der Waals surface area contributed by atoms with E-state index < -0.39 is 0 Å². The molecule has 1 N–H and O–H groups in total. The van der Waals surface area contributed by atoms with Crippen LogP contribution in [0.2, 0.25) is 0 Å². The van der Waals surface area contributed by atoms with Crippen molar-refractivity contribution in [1.82, 2.24) is 30.0 Å². The Hall–Kier alpha value is -3.81. The summed E-state index contributed by atoms with van der Waals surface area (Å²) < 4.78 is 3.26. The van der Waals surface area contributed by atoms with E-state index in [0.717, 1.165) is 11.3 Å². The van der Waals surface area contributed by atoms with E-state index in [1.807, 2.05) is 42.5 Å². The van der Waals surface area contributed by atoms with Crippen LogP contribution < -0.4 is 5.32 Å². The SMILES string of the molecule is O=C(Nc1cccc(-n2cnnn2)c1)c1cnn(Cc2ccccc2)c1. The van der Waals surface area contributed by atoms with Gasteiger partial charge in [-0.25, -0.2) is 4.68 Å². The lowest BCUT2D eigenvalue weighted by Gasteiger charge is -2.06. The van der Waals surface area contributed by atoms with Crippen LogP contribution in [0.3, 0.4) is 0 Å². The molecule has 4 rings (SSSR count). The van der Waals surface area contributed by atoms with Crippen LogP contribution in [0.5, 0.6) is 0 Å². The number of carbonyl (C=O) groups is 1. The molecule has 0 saturated heterocycles. The van der Waals surface area contributed by atoms with Gasteiger partial charge in [0.1, 0.15) is 6.33 Å². The molecule has 2 aromatic heterocycles. The number of nitrogens with zero attached hydrogens (tertiary/aromatic N) is 6. The molecular weight excluding hydrogens is 330 g/mol. The molecule has 8 nitrogen and oxygen atoms in total. The van der Waals surface area contributed by atoms with Crippen molar-refractivity contribution in [1.29, 1.82) is 0 Å². The van der Waals surface area contributed by atoms with Crippen molar-refractivity contribution in [3.8, 4) is 5.69 Å². The minimum atomic E-state index is -0.224. The number of carbonyl (C=O) groups excluding carboxylic acids is 1. The number of tetrazole rings is 1. The lowest BCUT2D eigenvalue weighted by atomic mass is 10.2. The van der Waals surface area contributed by atoms with Crippen LogP contribution in [0.4, 0.5) is 5.69 Å². The van der Waals surface area contributed by atoms with Gasteiger partial charge in [0, 0.05) is 11.9 Å². The molecule has 0 aliphatic heterocycles. The summed E-state index contributed by atoms with van der Waals surface area (Å²) >= 11 is 0. The fourth-order valence-electron chi connectivity index (χ4n) is 2.55. The molecule has 0 radical (unpaired) electrons. The van der Waals surface area contributed by atoms with Gasteiger partial charge < -0.3 is 5.32 Å². The Morgan fingerprint density at radius 3 is 2.77 bits per heavy atom. The lowest BCUT2D eigenvalue weighted by molar-refractivity contribution is 0.102. The van der Waals surface area contributed by atoms with Crippen LogP contribution in [0.25, 0.3) is 5.69 Å². The Labute approximate surface area is 149 Å². The van der Waals surface area contributed by atoms with Crippen LogP contribution in [-0.2, 0) is 6.54 Å². The first kappa shape index (κ1) is 15.7. The van der Waals surface area contributed by atoms with Gasteiger partial charge in [0.05, 0.1) is 24.0 Å². The van der Waals surface area contributed by atoms with E-state index >= 15 is 0 Å². The van der Waals surface area contributed by atoms with E-state index in [4.69, 9.17) is 0 Å². The molecule has 26 heavy (non-hydrogen) atoms. The molecular formula is C18H15N7O. The maximum atomic E-state index is 12.5. The third kappa shape index (κ3) is 3.48. The monoisotopic (exact) mass is 345 g/mol. The fraction of sp³-hybridized carbons (Fsp3) is 0.0556. The highest BCUT2D eigenvalue weighted by Crippen LogP contribution is 2.14. The number of aromatic nitrogens is 6. The zero-order valence-corrected chi connectivity index (χ0v) is 13.7. The second-order valence-corrected chi connectivity index (χ2v) is 5.67. The van der Waals surface area contributed by atoms with Crippen molar-refractivity contribution in [3.05, 3.63) is 84.4 Å². The Kier molecular flexibility index (Phi) is 4.21. The minimum absolute atomic E-state index is 0.224. The first-order chi connectivity index (χ1) is 12.8. The fourth-order valence-corrected chi connectivity index (χ4v) is 2.55. The Bertz CT molecular complexity index is 1010. The van der Waals surface area contributed by atoms with Crippen LogP contribution in [0.1, 0.15) is 15.9 Å². The standard InChI is InChI=1S/C18H15N7O/c26-18(15-10-20-24(12-15)11-14-5-2-1-3-6-14)21-16-7-4-8-17(9-16)25-13-19-22-23-25/h1-10,12-13H,11H2,(H,21,26). The quantitative estimate of drug-likeness (QED) is 0.598. The molecule has 0 unspecified atom stereocenters. The van der Waals surface area contributed by atoms with Crippen molar-refractivity contribution in [2.45, 2.75) is 6.54 Å². The third-order valence-electron chi connectivity index (χ3n) is 3.80. The van der Waals surface area contributed by atoms with Crippen LogP contribution >= 0.6 is 0 Å². The lowest BCUT2D eigenvalue weighted by Crippen LogP contribution is -2.11. The molecule has 0 fully saturated rings. The summed E-state index contributed by atoms with van der Waals surface area (Å²) in [5.41, 5.74) is 3.02. The van der Waals surface area contributed by atoms with E-state index in [9.17, 15) is 4.79 Å². The molecule has 0 saturated carbocycles. The number of hydrogen-bond donors (Lipinski definition) is 1. The van der Waals surface area contributed by atoms with Crippen molar-refractivity contribution >= 4 is 11.6 Å². The Morgan fingerprint density at radius 2 is 1.96 bits per heavy atom. The highest BCUT2D eigenvalue weighted by atomic mass is 16.1. The van der Waals surface area contributed by atoms with Crippen molar-refractivity contribution in [2.24, 2.45) is 0 Å². The largest absolute Gasteiger partial charge is 0.322 e. The molecule has 0 spiro atoms. The average Bonchev–Trinajstić information content (AvgIpc) is 3.35. The van der Waals surface area contributed by atoms with E-state index in [1.54, 1.807) is 29.2 Å². The molecule has 128 valence electrons. The molecule has 0 bridgehead atoms. The number of rotatable bonds is 5. The van der Waals surface area contributed by atoms with E-state index in [0.29, 0.717) is 17.8 Å². The van der Waals surface area contributed by atoms with Gasteiger partial charge in [-0.15, -0.1) is 5.10 Å². The van der Waals surface area contributed by atoms with Gasteiger partial charge in [-0.1, -0.05) is 36.4 Å². The molecule has 1 amide bonds. The zero-order chi connectivity index (χ0) is 17.8. The molecule has 2 heterocycles. The van der Waals surface area contributed by atoms with Crippen molar-refractivity contribution in [3.63, 3.8) is 0 Å². The highest BCUT2D eigenvalue weighted by molar-refractivity contribution is 6.04. The van der Waals surface area contributed by atoms with Crippen molar-refractivity contribution < 1.29 is 4.79 Å². The summed E-state index contributed by atoms with van der Waals surface area (Å²) in [7, 11) is 0. The molecule has 0 aliphatic rings. The first-order valence-corrected chi connectivity index (χ1v) is 7.99.